The zero-order chi connectivity index (χ0) is 9.68. The van der Waals surface area contributed by atoms with Crippen LogP contribution < -0.4 is 5.48 Å². The van der Waals surface area contributed by atoms with Gasteiger partial charge >= 0.3 is 0 Å². The molecule has 13 heavy (non-hydrogen) atoms. The highest BCUT2D eigenvalue weighted by atomic mass is 16.5. The van der Waals surface area contributed by atoms with Crippen molar-refractivity contribution in [3.63, 3.8) is 0 Å². The Bertz CT molecular complexity index is 263. The number of rotatable bonds is 4. The SMILES string of the molecule is COC(C)c1cccc(CNO)c1. The molecule has 0 saturated carbocycles. The van der Waals surface area contributed by atoms with E-state index in [0.717, 1.165) is 11.1 Å². The Morgan fingerprint density at radius 1 is 1.54 bits per heavy atom. The fourth-order valence-electron chi connectivity index (χ4n) is 1.18. The molecule has 0 amide bonds. The van der Waals surface area contributed by atoms with Gasteiger partial charge in [-0.05, 0) is 18.1 Å². The number of hydroxylamine groups is 1. The van der Waals surface area contributed by atoms with Gasteiger partial charge in [0.15, 0.2) is 0 Å². The quantitative estimate of drug-likeness (QED) is 0.697. The molecule has 1 atom stereocenters. The summed E-state index contributed by atoms with van der Waals surface area (Å²) in [5.41, 5.74) is 4.29. The second-order valence-corrected chi connectivity index (χ2v) is 2.96. The van der Waals surface area contributed by atoms with Crippen LogP contribution in [0.25, 0.3) is 0 Å². The second-order valence-electron chi connectivity index (χ2n) is 2.96. The summed E-state index contributed by atoms with van der Waals surface area (Å²) in [6.45, 7) is 2.45. The third-order valence-electron chi connectivity index (χ3n) is 2.06. The first-order valence-corrected chi connectivity index (χ1v) is 4.26. The van der Waals surface area contributed by atoms with Crippen LogP contribution in [-0.2, 0) is 11.3 Å². The Balaban J connectivity index is 2.78. The van der Waals surface area contributed by atoms with Crippen molar-refractivity contribution in [3.8, 4) is 0 Å². The van der Waals surface area contributed by atoms with Crippen molar-refractivity contribution in [2.24, 2.45) is 0 Å². The summed E-state index contributed by atoms with van der Waals surface area (Å²) >= 11 is 0. The van der Waals surface area contributed by atoms with Crippen molar-refractivity contribution >= 4 is 0 Å². The molecule has 0 fully saturated rings. The molecule has 1 rings (SSSR count). The van der Waals surface area contributed by atoms with Gasteiger partial charge in [-0.2, -0.15) is 0 Å². The summed E-state index contributed by atoms with van der Waals surface area (Å²) in [6, 6.07) is 7.93. The first kappa shape index (κ1) is 10.2. The van der Waals surface area contributed by atoms with Crippen LogP contribution in [0.5, 0.6) is 0 Å². The Labute approximate surface area is 78.3 Å². The van der Waals surface area contributed by atoms with Gasteiger partial charge in [0.05, 0.1) is 6.10 Å². The predicted molar refractivity (Wildman–Crippen MR) is 50.5 cm³/mol. The van der Waals surface area contributed by atoms with E-state index in [-0.39, 0.29) is 6.10 Å². The minimum atomic E-state index is 0.0960. The number of ether oxygens (including phenoxy) is 1. The topological polar surface area (TPSA) is 41.5 Å². The third kappa shape index (κ3) is 2.81. The third-order valence-corrected chi connectivity index (χ3v) is 2.06. The van der Waals surface area contributed by atoms with Crippen molar-refractivity contribution in [1.29, 1.82) is 0 Å². The van der Waals surface area contributed by atoms with Crippen molar-refractivity contribution < 1.29 is 9.94 Å². The van der Waals surface area contributed by atoms with E-state index in [4.69, 9.17) is 9.94 Å². The molecule has 72 valence electrons. The summed E-state index contributed by atoms with van der Waals surface area (Å²) in [4.78, 5) is 0. The first-order chi connectivity index (χ1) is 6.27. The molecular weight excluding hydrogens is 166 g/mol. The van der Waals surface area contributed by atoms with Gasteiger partial charge in [0.25, 0.3) is 0 Å². The molecule has 0 aliphatic rings. The van der Waals surface area contributed by atoms with E-state index in [2.05, 4.69) is 5.48 Å². The Kier molecular flexibility index (Phi) is 3.89. The van der Waals surface area contributed by atoms with Crippen molar-refractivity contribution in [2.45, 2.75) is 19.6 Å². The number of hydrogen-bond donors (Lipinski definition) is 2. The molecule has 0 aliphatic heterocycles. The predicted octanol–water partition coefficient (Wildman–Crippen LogP) is 1.87. The lowest BCUT2D eigenvalue weighted by molar-refractivity contribution is 0.119. The molecule has 3 heteroatoms. The Morgan fingerprint density at radius 3 is 2.92 bits per heavy atom. The van der Waals surface area contributed by atoms with Crippen molar-refractivity contribution in [3.05, 3.63) is 35.4 Å². The lowest BCUT2D eigenvalue weighted by Crippen LogP contribution is -2.06. The molecule has 0 aromatic heterocycles. The van der Waals surface area contributed by atoms with Crippen LogP contribution in [0.15, 0.2) is 24.3 Å². The maximum atomic E-state index is 8.53. The zero-order valence-electron chi connectivity index (χ0n) is 7.95. The van der Waals surface area contributed by atoms with Crippen LogP contribution in [0.4, 0.5) is 0 Å². The minimum absolute atomic E-state index is 0.0960. The molecule has 1 unspecified atom stereocenters. The lowest BCUT2D eigenvalue weighted by atomic mass is 10.1. The second kappa shape index (κ2) is 4.97. The smallest absolute Gasteiger partial charge is 0.0793 e. The summed E-state index contributed by atoms with van der Waals surface area (Å²) in [5.74, 6) is 0. The lowest BCUT2D eigenvalue weighted by Gasteiger charge is -2.10. The van der Waals surface area contributed by atoms with E-state index in [0.29, 0.717) is 6.54 Å². The van der Waals surface area contributed by atoms with Crippen molar-refractivity contribution in [1.82, 2.24) is 5.48 Å². The number of methoxy groups -OCH3 is 1. The molecule has 0 aliphatic carbocycles. The van der Waals surface area contributed by atoms with Gasteiger partial charge in [-0.25, -0.2) is 5.48 Å². The van der Waals surface area contributed by atoms with Crippen LogP contribution >= 0.6 is 0 Å². The van der Waals surface area contributed by atoms with Crippen LogP contribution in [-0.4, -0.2) is 12.3 Å². The van der Waals surface area contributed by atoms with Gasteiger partial charge in [0.2, 0.25) is 0 Å². The van der Waals surface area contributed by atoms with Crippen LogP contribution in [0.1, 0.15) is 24.2 Å². The summed E-state index contributed by atoms with van der Waals surface area (Å²) in [6.07, 6.45) is 0.0960. The van der Waals surface area contributed by atoms with Crippen LogP contribution in [0.2, 0.25) is 0 Å². The molecule has 0 heterocycles. The van der Waals surface area contributed by atoms with Gasteiger partial charge in [0, 0.05) is 13.7 Å². The highest BCUT2D eigenvalue weighted by molar-refractivity contribution is 5.24. The van der Waals surface area contributed by atoms with E-state index in [1.54, 1.807) is 7.11 Å². The average molecular weight is 181 g/mol. The summed E-state index contributed by atoms with van der Waals surface area (Å²) in [5, 5.41) is 8.53. The number of hydrogen-bond acceptors (Lipinski definition) is 3. The molecule has 2 N–H and O–H groups in total. The standard InChI is InChI=1S/C10H15NO2/c1-8(13-2)10-5-3-4-9(6-10)7-11-12/h3-6,8,11-12H,7H2,1-2H3. The fourth-order valence-corrected chi connectivity index (χ4v) is 1.18. The maximum absolute atomic E-state index is 8.53. The highest BCUT2D eigenvalue weighted by Crippen LogP contribution is 2.16. The molecule has 0 spiro atoms. The number of nitrogens with one attached hydrogen (secondary N) is 1. The van der Waals surface area contributed by atoms with Crippen molar-refractivity contribution in [2.75, 3.05) is 7.11 Å². The van der Waals surface area contributed by atoms with E-state index in [1.165, 1.54) is 0 Å². The Hall–Kier alpha value is -0.900. The normalized spacial score (nSPS) is 12.8. The Morgan fingerprint density at radius 2 is 2.31 bits per heavy atom. The molecule has 3 nitrogen and oxygen atoms in total. The molecule has 0 bridgehead atoms. The van der Waals surface area contributed by atoms with E-state index in [9.17, 15) is 0 Å². The maximum Gasteiger partial charge on any atom is 0.0793 e. The van der Waals surface area contributed by atoms with Gasteiger partial charge in [0.1, 0.15) is 0 Å². The molecule has 0 radical (unpaired) electrons. The van der Waals surface area contributed by atoms with Crippen LogP contribution in [0, 0.1) is 0 Å². The molecule has 1 aromatic rings. The summed E-state index contributed by atoms with van der Waals surface area (Å²) in [7, 11) is 1.68. The van der Waals surface area contributed by atoms with Gasteiger partial charge in [-0.15, -0.1) is 0 Å². The van der Waals surface area contributed by atoms with E-state index >= 15 is 0 Å². The monoisotopic (exact) mass is 181 g/mol. The average Bonchev–Trinajstić information content (AvgIpc) is 2.18. The number of benzene rings is 1. The highest BCUT2D eigenvalue weighted by Gasteiger charge is 2.03. The van der Waals surface area contributed by atoms with Gasteiger partial charge in [-0.3, -0.25) is 0 Å². The van der Waals surface area contributed by atoms with E-state index < -0.39 is 0 Å². The first-order valence-electron chi connectivity index (χ1n) is 4.26. The largest absolute Gasteiger partial charge is 0.377 e. The molecule has 1 aromatic carbocycles. The molecule has 0 saturated heterocycles. The van der Waals surface area contributed by atoms with E-state index in [1.807, 2.05) is 31.2 Å². The molecular formula is C10H15NO2. The van der Waals surface area contributed by atoms with Gasteiger partial charge in [-0.1, -0.05) is 24.3 Å². The fraction of sp³-hybridized carbons (Fsp3) is 0.400. The minimum Gasteiger partial charge on any atom is -0.377 e. The summed E-state index contributed by atoms with van der Waals surface area (Å²) < 4.78 is 5.19. The zero-order valence-corrected chi connectivity index (χ0v) is 7.95. The van der Waals surface area contributed by atoms with Crippen LogP contribution in [0.3, 0.4) is 0 Å². The van der Waals surface area contributed by atoms with Gasteiger partial charge < -0.3 is 9.94 Å².